The van der Waals surface area contributed by atoms with E-state index in [9.17, 15) is 13.0 Å². The maximum atomic E-state index is 13.1. The van der Waals surface area contributed by atoms with Crippen LogP contribution in [0.1, 0.15) is 32.1 Å². The fourth-order valence-corrected chi connectivity index (χ4v) is 3.95. The highest BCUT2D eigenvalue weighted by molar-refractivity contribution is 7.85. The summed E-state index contributed by atoms with van der Waals surface area (Å²) in [6, 6.07) is 3.29. The molecule has 0 aromatic heterocycles. The van der Waals surface area contributed by atoms with Crippen molar-refractivity contribution in [1.29, 1.82) is 0 Å². The van der Waals surface area contributed by atoms with Crippen molar-refractivity contribution in [2.45, 2.75) is 48.3 Å². The highest BCUT2D eigenvalue weighted by atomic mass is 32.2. The third-order valence-electron chi connectivity index (χ3n) is 3.40. The van der Waals surface area contributed by atoms with Crippen LogP contribution in [-0.4, -0.2) is 15.5 Å². The van der Waals surface area contributed by atoms with Crippen molar-refractivity contribution in [1.82, 2.24) is 0 Å². The molecule has 0 amide bonds. The van der Waals surface area contributed by atoms with Crippen LogP contribution in [0.2, 0.25) is 0 Å². The Bertz CT molecular complexity index is 453. The Morgan fingerprint density at radius 3 is 2.56 bits per heavy atom. The van der Waals surface area contributed by atoms with E-state index in [1.54, 1.807) is 0 Å². The van der Waals surface area contributed by atoms with Crippen LogP contribution in [0.3, 0.4) is 0 Å². The van der Waals surface area contributed by atoms with Gasteiger partial charge in [-0.3, -0.25) is 4.21 Å². The molecule has 3 unspecified atom stereocenters. The van der Waals surface area contributed by atoms with Gasteiger partial charge in [-0.15, -0.1) is 0 Å². The summed E-state index contributed by atoms with van der Waals surface area (Å²) in [6.07, 6.45) is 4.77. The highest BCUT2D eigenvalue weighted by Gasteiger charge is 2.27. The summed E-state index contributed by atoms with van der Waals surface area (Å²) < 4.78 is 38.4. The Balaban J connectivity index is 2.21. The molecule has 2 N–H and O–H groups in total. The first kappa shape index (κ1) is 13.6. The van der Waals surface area contributed by atoms with Crippen LogP contribution in [0.5, 0.6) is 0 Å². The van der Waals surface area contributed by atoms with Gasteiger partial charge in [0.05, 0.1) is 16.0 Å². The zero-order valence-corrected chi connectivity index (χ0v) is 10.9. The van der Waals surface area contributed by atoms with Crippen LogP contribution in [0.15, 0.2) is 23.1 Å². The lowest BCUT2D eigenvalue weighted by molar-refractivity contribution is 0.505. The van der Waals surface area contributed by atoms with Crippen molar-refractivity contribution >= 4 is 10.8 Å². The molecule has 0 spiro atoms. The second-order valence-electron chi connectivity index (χ2n) is 4.71. The van der Waals surface area contributed by atoms with Gasteiger partial charge in [0.2, 0.25) is 0 Å². The summed E-state index contributed by atoms with van der Waals surface area (Å²) >= 11 is 0. The third-order valence-corrected chi connectivity index (χ3v) is 5.26. The summed E-state index contributed by atoms with van der Waals surface area (Å²) in [5.41, 5.74) is 6.02. The molecule has 0 saturated heterocycles. The number of benzene rings is 1. The Kier molecular flexibility index (Phi) is 4.45. The van der Waals surface area contributed by atoms with Crippen LogP contribution in [0.25, 0.3) is 0 Å². The number of hydrogen-bond donors (Lipinski definition) is 1. The largest absolute Gasteiger partial charge is 0.327 e. The Hall–Kier alpha value is -0.810. The van der Waals surface area contributed by atoms with E-state index in [2.05, 4.69) is 0 Å². The predicted octanol–water partition coefficient (Wildman–Crippen LogP) is 2.73. The van der Waals surface area contributed by atoms with Gasteiger partial charge < -0.3 is 5.73 Å². The molecule has 100 valence electrons. The van der Waals surface area contributed by atoms with Crippen LogP contribution < -0.4 is 5.73 Å². The smallest absolute Gasteiger partial charge is 0.160 e. The molecule has 5 heteroatoms. The molecule has 3 atom stereocenters. The van der Waals surface area contributed by atoms with Crippen LogP contribution in [0, 0.1) is 11.6 Å². The number of hydrogen-bond acceptors (Lipinski definition) is 2. The minimum atomic E-state index is -1.36. The maximum Gasteiger partial charge on any atom is 0.160 e. The summed E-state index contributed by atoms with van der Waals surface area (Å²) in [6.45, 7) is 0. The highest BCUT2D eigenvalue weighted by Crippen LogP contribution is 2.25. The Labute approximate surface area is 108 Å². The van der Waals surface area contributed by atoms with Crippen LogP contribution in [-0.2, 0) is 10.8 Å². The molecule has 0 radical (unpaired) electrons. The molecule has 1 saturated carbocycles. The van der Waals surface area contributed by atoms with Gasteiger partial charge in [0.25, 0.3) is 0 Å². The predicted molar refractivity (Wildman–Crippen MR) is 67.6 cm³/mol. The molecule has 1 fully saturated rings. The zero-order chi connectivity index (χ0) is 13.1. The van der Waals surface area contributed by atoms with Crippen molar-refractivity contribution in [2.24, 2.45) is 5.73 Å². The van der Waals surface area contributed by atoms with Crippen molar-refractivity contribution in [3.8, 4) is 0 Å². The van der Waals surface area contributed by atoms with E-state index in [1.807, 2.05) is 0 Å². The van der Waals surface area contributed by atoms with E-state index in [-0.39, 0.29) is 11.3 Å². The summed E-state index contributed by atoms with van der Waals surface area (Å²) in [4.78, 5) is 0.330. The molecular formula is C13H17F2NOS. The van der Waals surface area contributed by atoms with Gasteiger partial charge in [0.1, 0.15) is 0 Å². The molecule has 1 aromatic rings. The Morgan fingerprint density at radius 2 is 1.83 bits per heavy atom. The van der Waals surface area contributed by atoms with Gasteiger partial charge in [-0.2, -0.15) is 0 Å². The zero-order valence-electron chi connectivity index (χ0n) is 10.1. The summed E-state index contributed by atoms with van der Waals surface area (Å²) in [5, 5.41) is -0.155. The number of halogens is 2. The second-order valence-corrected chi connectivity index (χ2v) is 6.39. The van der Waals surface area contributed by atoms with Gasteiger partial charge in [0.15, 0.2) is 11.6 Å². The molecular weight excluding hydrogens is 256 g/mol. The van der Waals surface area contributed by atoms with Crippen molar-refractivity contribution < 1.29 is 13.0 Å². The van der Waals surface area contributed by atoms with Gasteiger partial charge in [-0.1, -0.05) is 19.3 Å². The molecule has 0 aliphatic heterocycles. The van der Waals surface area contributed by atoms with E-state index < -0.39 is 22.4 Å². The molecule has 1 aliphatic rings. The maximum absolute atomic E-state index is 13.1. The van der Waals surface area contributed by atoms with Gasteiger partial charge in [-0.05, 0) is 31.0 Å². The third kappa shape index (κ3) is 2.95. The Morgan fingerprint density at radius 1 is 1.11 bits per heavy atom. The molecule has 18 heavy (non-hydrogen) atoms. The monoisotopic (exact) mass is 273 g/mol. The lowest BCUT2D eigenvalue weighted by atomic mass is 10.1. The van der Waals surface area contributed by atoms with E-state index in [0.29, 0.717) is 4.90 Å². The van der Waals surface area contributed by atoms with Crippen molar-refractivity contribution in [3.05, 3.63) is 29.8 Å². The molecule has 2 rings (SSSR count). The molecule has 1 aliphatic carbocycles. The molecule has 1 aromatic carbocycles. The minimum absolute atomic E-state index is 0.124. The minimum Gasteiger partial charge on any atom is -0.327 e. The quantitative estimate of drug-likeness (QED) is 0.842. The van der Waals surface area contributed by atoms with Crippen LogP contribution >= 0.6 is 0 Å². The van der Waals surface area contributed by atoms with E-state index >= 15 is 0 Å². The number of rotatable bonds is 2. The van der Waals surface area contributed by atoms with Gasteiger partial charge in [0, 0.05) is 10.9 Å². The topological polar surface area (TPSA) is 43.1 Å². The lowest BCUT2D eigenvalue weighted by Crippen LogP contribution is -2.36. The standard InChI is InChI=1S/C13H17F2NOS/c14-10-7-6-9(8-11(10)15)18(17)13-5-3-1-2-4-12(13)16/h6-8,12-13H,1-5,16H2. The van der Waals surface area contributed by atoms with Crippen molar-refractivity contribution in [2.75, 3.05) is 0 Å². The van der Waals surface area contributed by atoms with Crippen LogP contribution in [0.4, 0.5) is 8.78 Å². The van der Waals surface area contributed by atoms with E-state index in [0.717, 1.165) is 44.2 Å². The molecule has 2 nitrogen and oxygen atoms in total. The SMILES string of the molecule is NC1CCCCCC1S(=O)c1ccc(F)c(F)c1. The summed E-state index contributed by atoms with van der Waals surface area (Å²) in [7, 11) is -1.36. The van der Waals surface area contributed by atoms with Crippen molar-refractivity contribution in [3.63, 3.8) is 0 Å². The first-order valence-electron chi connectivity index (χ1n) is 6.21. The fourth-order valence-electron chi connectivity index (χ4n) is 2.34. The average Bonchev–Trinajstić information content (AvgIpc) is 2.56. The normalized spacial score (nSPS) is 26.6. The molecule has 0 bridgehead atoms. The average molecular weight is 273 g/mol. The number of nitrogens with two attached hydrogens (primary N) is 1. The fraction of sp³-hybridized carbons (Fsp3) is 0.538. The lowest BCUT2D eigenvalue weighted by Gasteiger charge is -2.20. The van der Waals surface area contributed by atoms with E-state index in [1.165, 1.54) is 6.07 Å². The first-order valence-corrected chi connectivity index (χ1v) is 7.42. The van der Waals surface area contributed by atoms with E-state index in [4.69, 9.17) is 5.73 Å². The summed E-state index contributed by atoms with van der Waals surface area (Å²) in [5.74, 6) is -1.87. The molecule has 0 heterocycles. The first-order chi connectivity index (χ1) is 8.59. The second kappa shape index (κ2) is 5.89. The van der Waals surface area contributed by atoms with Gasteiger partial charge >= 0.3 is 0 Å². The van der Waals surface area contributed by atoms with Gasteiger partial charge in [-0.25, -0.2) is 8.78 Å².